The van der Waals surface area contributed by atoms with E-state index in [0.29, 0.717) is 12.3 Å². The number of carbonyl (C=O) groups is 1. The van der Waals surface area contributed by atoms with E-state index >= 15 is 0 Å². The van der Waals surface area contributed by atoms with Crippen molar-refractivity contribution in [3.8, 4) is 5.75 Å². The van der Waals surface area contributed by atoms with Gasteiger partial charge in [-0.3, -0.25) is 4.79 Å². The molecule has 0 aliphatic carbocycles. The molecule has 1 amide bonds. The number of benzene rings is 1. The summed E-state index contributed by atoms with van der Waals surface area (Å²) in [5, 5.41) is 4.21. The van der Waals surface area contributed by atoms with Gasteiger partial charge in [0.15, 0.2) is 0 Å². The zero-order chi connectivity index (χ0) is 16.4. The van der Waals surface area contributed by atoms with Gasteiger partial charge >= 0.3 is 0 Å². The Kier molecular flexibility index (Phi) is 4.57. The summed E-state index contributed by atoms with van der Waals surface area (Å²) in [6, 6.07) is 6.12. The van der Waals surface area contributed by atoms with Gasteiger partial charge in [-0.1, -0.05) is 0 Å². The molecule has 0 bridgehead atoms. The van der Waals surface area contributed by atoms with Crippen LogP contribution in [0, 0.1) is 6.92 Å². The van der Waals surface area contributed by atoms with Crippen LogP contribution in [0.1, 0.15) is 35.8 Å². The molecule has 1 aliphatic heterocycles. The van der Waals surface area contributed by atoms with E-state index in [4.69, 9.17) is 4.74 Å². The average molecular weight is 315 g/mol. The van der Waals surface area contributed by atoms with Crippen LogP contribution in [0.4, 0.5) is 0 Å². The van der Waals surface area contributed by atoms with Crippen LogP contribution in [0.5, 0.6) is 5.75 Å². The topological polar surface area (TPSA) is 57.4 Å². The molecule has 3 rings (SSSR count). The quantitative estimate of drug-likeness (QED) is 0.912. The van der Waals surface area contributed by atoms with Gasteiger partial charge in [-0.05, 0) is 64.0 Å². The molecule has 2 aromatic rings. The second kappa shape index (κ2) is 6.62. The molecule has 5 nitrogen and oxygen atoms in total. The first kappa shape index (κ1) is 15.9. The SMILES string of the molecule is CCOc1ccc2[nH]c(C(=O)N[C@H]3CCCN(C)C3)c(C)c2c1. The van der Waals surface area contributed by atoms with E-state index in [0.717, 1.165) is 48.1 Å². The van der Waals surface area contributed by atoms with Crippen LogP contribution < -0.4 is 10.1 Å². The third-order valence-corrected chi connectivity index (χ3v) is 4.53. The Hall–Kier alpha value is -2.01. The van der Waals surface area contributed by atoms with Gasteiger partial charge in [-0.25, -0.2) is 0 Å². The molecule has 1 atom stereocenters. The maximum atomic E-state index is 12.6. The number of piperidine rings is 1. The predicted octanol–water partition coefficient (Wildman–Crippen LogP) is 2.70. The fourth-order valence-corrected chi connectivity index (χ4v) is 3.33. The highest BCUT2D eigenvalue weighted by Crippen LogP contribution is 2.26. The lowest BCUT2D eigenvalue weighted by Gasteiger charge is -2.30. The number of carbonyl (C=O) groups excluding carboxylic acids is 1. The van der Waals surface area contributed by atoms with Crippen molar-refractivity contribution in [2.45, 2.75) is 32.7 Å². The van der Waals surface area contributed by atoms with E-state index < -0.39 is 0 Å². The fraction of sp³-hybridized carbons (Fsp3) is 0.500. The highest BCUT2D eigenvalue weighted by Gasteiger charge is 2.22. The number of ether oxygens (including phenoxy) is 1. The predicted molar refractivity (Wildman–Crippen MR) is 92.2 cm³/mol. The van der Waals surface area contributed by atoms with Crippen molar-refractivity contribution in [3.05, 3.63) is 29.5 Å². The monoisotopic (exact) mass is 315 g/mol. The molecule has 2 heterocycles. The number of likely N-dealkylation sites (N-methyl/N-ethyl adjacent to an activating group) is 1. The summed E-state index contributed by atoms with van der Waals surface area (Å²) in [4.78, 5) is 18.1. The first-order valence-corrected chi connectivity index (χ1v) is 8.33. The summed E-state index contributed by atoms with van der Waals surface area (Å²) in [5.41, 5.74) is 2.60. The molecule has 1 aliphatic rings. The highest BCUT2D eigenvalue weighted by molar-refractivity contribution is 6.01. The lowest BCUT2D eigenvalue weighted by atomic mass is 10.1. The summed E-state index contributed by atoms with van der Waals surface area (Å²) in [6.45, 7) is 6.61. The van der Waals surface area contributed by atoms with E-state index in [1.165, 1.54) is 0 Å². The number of aromatic amines is 1. The number of fused-ring (bicyclic) bond motifs is 1. The van der Waals surface area contributed by atoms with Crippen molar-refractivity contribution >= 4 is 16.8 Å². The molecule has 0 spiro atoms. The Balaban J connectivity index is 1.81. The number of aromatic nitrogens is 1. The fourth-order valence-electron chi connectivity index (χ4n) is 3.33. The van der Waals surface area contributed by atoms with Gasteiger partial charge in [0.05, 0.1) is 6.61 Å². The molecule has 2 N–H and O–H groups in total. The Morgan fingerprint density at radius 1 is 1.48 bits per heavy atom. The summed E-state index contributed by atoms with van der Waals surface area (Å²) in [7, 11) is 2.10. The van der Waals surface area contributed by atoms with Gasteiger partial charge in [0, 0.05) is 23.5 Å². The maximum Gasteiger partial charge on any atom is 0.268 e. The summed E-state index contributed by atoms with van der Waals surface area (Å²) in [5.74, 6) is 0.819. The van der Waals surface area contributed by atoms with E-state index in [1.54, 1.807) is 0 Å². The van der Waals surface area contributed by atoms with Gasteiger partial charge in [0.1, 0.15) is 11.4 Å². The number of amides is 1. The zero-order valence-corrected chi connectivity index (χ0v) is 14.1. The van der Waals surface area contributed by atoms with Crippen LogP contribution >= 0.6 is 0 Å². The molecular formula is C18H25N3O2. The third kappa shape index (κ3) is 3.34. The number of hydrogen-bond donors (Lipinski definition) is 2. The van der Waals surface area contributed by atoms with Crippen LogP contribution in [0.25, 0.3) is 10.9 Å². The van der Waals surface area contributed by atoms with E-state index in [2.05, 4.69) is 22.2 Å². The first-order valence-electron chi connectivity index (χ1n) is 8.33. The van der Waals surface area contributed by atoms with Crippen molar-refractivity contribution in [2.24, 2.45) is 0 Å². The minimum Gasteiger partial charge on any atom is -0.494 e. The molecule has 1 aromatic carbocycles. The lowest BCUT2D eigenvalue weighted by molar-refractivity contribution is 0.0907. The standard InChI is InChI=1S/C18H25N3O2/c1-4-23-14-7-8-16-15(10-14)12(2)17(20-16)18(22)19-13-6-5-9-21(3)11-13/h7-8,10,13,20H,4-6,9,11H2,1-3H3,(H,19,22)/t13-/m0/s1. The van der Waals surface area contributed by atoms with E-state index in [1.807, 2.05) is 32.0 Å². The van der Waals surface area contributed by atoms with Gasteiger partial charge in [0.2, 0.25) is 0 Å². The Labute approximate surface area is 137 Å². The van der Waals surface area contributed by atoms with Crippen LogP contribution in [-0.2, 0) is 0 Å². The van der Waals surface area contributed by atoms with Gasteiger partial charge < -0.3 is 19.9 Å². The molecule has 1 saturated heterocycles. The van der Waals surface area contributed by atoms with E-state index in [9.17, 15) is 4.79 Å². The van der Waals surface area contributed by atoms with Crippen LogP contribution in [0.3, 0.4) is 0 Å². The second-order valence-electron chi connectivity index (χ2n) is 6.34. The average Bonchev–Trinajstić information content (AvgIpc) is 2.85. The molecule has 23 heavy (non-hydrogen) atoms. The minimum atomic E-state index is -0.0167. The number of hydrogen-bond acceptors (Lipinski definition) is 3. The number of aryl methyl sites for hydroxylation is 1. The lowest BCUT2D eigenvalue weighted by Crippen LogP contribution is -2.46. The summed E-state index contributed by atoms with van der Waals surface area (Å²) >= 11 is 0. The summed E-state index contributed by atoms with van der Waals surface area (Å²) in [6.07, 6.45) is 2.18. The van der Waals surface area contributed by atoms with Crippen molar-refractivity contribution in [1.82, 2.24) is 15.2 Å². The Bertz CT molecular complexity index is 708. The molecule has 0 unspecified atom stereocenters. The molecule has 5 heteroatoms. The number of likely N-dealkylation sites (tertiary alicyclic amines) is 1. The van der Waals surface area contributed by atoms with Crippen LogP contribution in [-0.4, -0.2) is 48.6 Å². The zero-order valence-electron chi connectivity index (χ0n) is 14.1. The van der Waals surface area contributed by atoms with Crippen LogP contribution in [0.15, 0.2) is 18.2 Å². The Morgan fingerprint density at radius 3 is 3.04 bits per heavy atom. The van der Waals surface area contributed by atoms with Crippen molar-refractivity contribution < 1.29 is 9.53 Å². The normalized spacial score (nSPS) is 19.0. The molecule has 124 valence electrons. The van der Waals surface area contributed by atoms with Crippen LogP contribution in [0.2, 0.25) is 0 Å². The van der Waals surface area contributed by atoms with E-state index in [-0.39, 0.29) is 11.9 Å². The molecule has 0 saturated carbocycles. The summed E-state index contributed by atoms with van der Waals surface area (Å²) < 4.78 is 5.55. The molecule has 0 radical (unpaired) electrons. The van der Waals surface area contributed by atoms with Crippen molar-refractivity contribution in [2.75, 3.05) is 26.7 Å². The maximum absolute atomic E-state index is 12.6. The smallest absolute Gasteiger partial charge is 0.268 e. The molecular weight excluding hydrogens is 290 g/mol. The van der Waals surface area contributed by atoms with Gasteiger partial charge in [0.25, 0.3) is 5.91 Å². The third-order valence-electron chi connectivity index (χ3n) is 4.53. The van der Waals surface area contributed by atoms with Gasteiger partial charge in [-0.2, -0.15) is 0 Å². The number of rotatable bonds is 4. The largest absolute Gasteiger partial charge is 0.494 e. The number of H-pyrrole nitrogens is 1. The second-order valence-corrected chi connectivity index (χ2v) is 6.34. The van der Waals surface area contributed by atoms with Gasteiger partial charge in [-0.15, -0.1) is 0 Å². The Morgan fingerprint density at radius 2 is 2.30 bits per heavy atom. The molecule has 1 aromatic heterocycles. The van der Waals surface area contributed by atoms with Crippen molar-refractivity contribution in [3.63, 3.8) is 0 Å². The number of nitrogens with one attached hydrogen (secondary N) is 2. The minimum absolute atomic E-state index is 0.0167. The highest BCUT2D eigenvalue weighted by atomic mass is 16.5. The molecule has 1 fully saturated rings. The first-order chi connectivity index (χ1) is 11.1. The van der Waals surface area contributed by atoms with Crippen molar-refractivity contribution in [1.29, 1.82) is 0 Å². The number of nitrogens with zero attached hydrogens (tertiary/aromatic N) is 1.